The van der Waals surface area contributed by atoms with Crippen molar-refractivity contribution in [3.05, 3.63) is 41.4 Å². The van der Waals surface area contributed by atoms with Crippen molar-refractivity contribution in [3.63, 3.8) is 0 Å². The van der Waals surface area contributed by atoms with Gasteiger partial charge in [0.05, 0.1) is 0 Å². The van der Waals surface area contributed by atoms with Crippen LogP contribution in [-0.4, -0.2) is 29.3 Å². The Balaban J connectivity index is 1.98. The molecule has 0 saturated carbocycles. The highest BCUT2D eigenvalue weighted by molar-refractivity contribution is 7.80. The minimum absolute atomic E-state index is 0.193. The second-order valence-electron chi connectivity index (χ2n) is 4.14. The highest BCUT2D eigenvalue weighted by atomic mass is 35.5. The van der Waals surface area contributed by atoms with E-state index in [1.54, 1.807) is 6.08 Å². The van der Waals surface area contributed by atoms with Crippen LogP contribution in [-0.2, 0) is 0 Å². The van der Waals surface area contributed by atoms with E-state index in [0.29, 0.717) is 18.3 Å². The average Bonchev–Trinajstić information content (AvgIpc) is 2.73. The van der Waals surface area contributed by atoms with Crippen molar-refractivity contribution in [1.82, 2.24) is 4.90 Å². The van der Waals surface area contributed by atoms with Gasteiger partial charge in [0.25, 0.3) is 0 Å². The van der Waals surface area contributed by atoms with E-state index in [2.05, 4.69) is 16.8 Å². The molecule has 0 amide bonds. The molecule has 1 atom stereocenters. The number of aryl methyl sites for hydroxylation is 1. The lowest BCUT2D eigenvalue weighted by Gasteiger charge is -2.21. The summed E-state index contributed by atoms with van der Waals surface area (Å²) in [6, 6.07) is 5.54. The van der Waals surface area contributed by atoms with Gasteiger partial charge in [0, 0.05) is 11.6 Å². The molecule has 0 saturated heterocycles. The predicted octanol–water partition coefficient (Wildman–Crippen LogP) is 3.59. The quantitative estimate of drug-likeness (QED) is 0.615. The fourth-order valence-corrected chi connectivity index (χ4v) is 2.06. The normalized spacial score (nSPS) is 17.9. The van der Waals surface area contributed by atoms with E-state index >= 15 is 0 Å². The molecule has 1 aliphatic rings. The molecule has 0 fully saturated rings. The van der Waals surface area contributed by atoms with Gasteiger partial charge in [-0.2, -0.15) is 5.11 Å². The van der Waals surface area contributed by atoms with Crippen LogP contribution in [0.4, 0.5) is 0 Å². The minimum Gasteiger partial charge on any atom is -0.489 e. The Morgan fingerprint density at radius 2 is 2.37 bits per heavy atom. The zero-order valence-corrected chi connectivity index (χ0v) is 12.1. The van der Waals surface area contributed by atoms with Crippen molar-refractivity contribution in [1.29, 1.82) is 0 Å². The fourth-order valence-electron chi connectivity index (χ4n) is 1.70. The van der Waals surface area contributed by atoms with E-state index in [1.807, 2.05) is 30.0 Å². The van der Waals surface area contributed by atoms with Gasteiger partial charge in [-0.3, -0.25) is 0 Å². The molecule has 19 heavy (non-hydrogen) atoms. The van der Waals surface area contributed by atoms with Gasteiger partial charge in [-0.1, -0.05) is 17.7 Å². The van der Waals surface area contributed by atoms with Crippen LogP contribution in [0.15, 0.2) is 41.1 Å². The summed E-state index contributed by atoms with van der Waals surface area (Å²) >= 11 is 11.1. The highest BCUT2D eigenvalue weighted by Crippen LogP contribution is 2.22. The number of halogens is 1. The monoisotopic (exact) mass is 295 g/mol. The van der Waals surface area contributed by atoms with Crippen LogP contribution in [0.3, 0.4) is 0 Å². The number of benzene rings is 1. The smallest absolute Gasteiger partial charge is 0.218 e. The summed E-state index contributed by atoms with van der Waals surface area (Å²) in [5.74, 6) is 0.758. The lowest BCUT2D eigenvalue weighted by Crippen LogP contribution is -2.36. The Labute approximate surface area is 122 Å². The third kappa shape index (κ3) is 3.30. The molecular formula is C13H14ClN3OS. The van der Waals surface area contributed by atoms with Crippen LogP contribution < -0.4 is 4.74 Å². The Hall–Kier alpha value is -1.46. The number of azo groups is 1. The van der Waals surface area contributed by atoms with E-state index < -0.39 is 0 Å². The third-order valence-electron chi connectivity index (χ3n) is 2.74. The fraction of sp³-hybridized carbons (Fsp3) is 0.308. The van der Waals surface area contributed by atoms with E-state index in [9.17, 15) is 0 Å². The summed E-state index contributed by atoms with van der Waals surface area (Å²) in [4.78, 5) is 1.87. The summed E-state index contributed by atoms with van der Waals surface area (Å²) in [6.45, 7) is 6.62. The third-order valence-corrected chi connectivity index (χ3v) is 3.48. The van der Waals surface area contributed by atoms with Gasteiger partial charge in [-0.25, -0.2) is 0 Å². The Morgan fingerprint density at radius 1 is 1.58 bits per heavy atom. The second-order valence-corrected chi connectivity index (χ2v) is 4.91. The van der Waals surface area contributed by atoms with Crippen LogP contribution in [0.2, 0.25) is 5.02 Å². The number of rotatable bonds is 5. The number of hydrogen-bond donors (Lipinski definition) is 0. The standard InChI is InChI=1S/C13H14ClN3OS/c1-3-6-17-12(15-16-13(17)19)8-18-10-4-5-11(14)9(2)7-10/h3-5,7,12H,1,6,8H2,2H3. The van der Waals surface area contributed by atoms with E-state index in [0.717, 1.165) is 16.3 Å². The first kappa shape index (κ1) is 14.0. The van der Waals surface area contributed by atoms with Gasteiger partial charge < -0.3 is 9.64 Å². The van der Waals surface area contributed by atoms with E-state index in [-0.39, 0.29) is 6.17 Å². The first-order chi connectivity index (χ1) is 9.11. The van der Waals surface area contributed by atoms with Crippen LogP contribution in [0.25, 0.3) is 0 Å². The average molecular weight is 296 g/mol. The molecule has 2 rings (SSSR count). The van der Waals surface area contributed by atoms with Crippen molar-refractivity contribution in [2.24, 2.45) is 10.2 Å². The summed E-state index contributed by atoms with van der Waals surface area (Å²) in [5, 5.41) is 9.18. The molecular weight excluding hydrogens is 282 g/mol. The zero-order chi connectivity index (χ0) is 13.8. The lowest BCUT2D eigenvalue weighted by atomic mass is 10.2. The van der Waals surface area contributed by atoms with Crippen molar-refractivity contribution < 1.29 is 4.74 Å². The first-order valence-corrected chi connectivity index (χ1v) is 6.61. The van der Waals surface area contributed by atoms with Gasteiger partial charge in [-0.05, 0) is 42.9 Å². The molecule has 4 nitrogen and oxygen atoms in total. The molecule has 0 aliphatic carbocycles. The molecule has 1 heterocycles. The summed E-state index contributed by atoms with van der Waals surface area (Å²) in [6.07, 6.45) is 1.57. The molecule has 0 N–H and O–H groups in total. The van der Waals surface area contributed by atoms with Crippen LogP contribution in [0.1, 0.15) is 5.56 Å². The lowest BCUT2D eigenvalue weighted by molar-refractivity contribution is 0.220. The molecule has 0 bridgehead atoms. The summed E-state index contributed by atoms with van der Waals surface area (Å²) in [7, 11) is 0. The number of hydrogen-bond acceptors (Lipinski definition) is 3. The Morgan fingerprint density at radius 3 is 3.05 bits per heavy atom. The van der Waals surface area contributed by atoms with Gasteiger partial charge >= 0.3 is 0 Å². The maximum Gasteiger partial charge on any atom is 0.218 e. The maximum absolute atomic E-state index is 5.97. The first-order valence-electron chi connectivity index (χ1n) is 5.83. The van der Waals surface area contributed by atoms with Crippen molar-refractivity contribution in [2.75, 3.05) is 13.2 Å². The van der Waals surface area contributed by atoms with Crippen molar-refractivity contribution in [3.8, 4) is 5.75 Å². The number of ether oxygens (including phenoxy) is 1. The van der Waals surface area contributed by atoms with E-state index in [1.165, 1.54) is 0 Å². The molecule has 1 aromatic rings. The molecule has 0 aromatic heterocycles. The van der Waals surface area contributed by atoms with Crippen molar-refractivity contribution in [2.45, 2.75) is 13.1 Å². The minimum atomic E-state index is -0.193. The molecule has 1 unspecified atom stereocenters. The summed E-state index contributed by atoms with van der Waals surface area (Å²) in [5.41, 5.74) is 0.977. The summed E-state index contributed by atoms with van der Waals surface area (Å²) < 4.78 is 5.70. The highest BCUT2D eigenvalue weighted by Gasteiger charge is 2.25. The largest absolute Gasteiger partial charge is 0.489 e. The zero-order valence-electron chi connectivity index (χ0n) is 10.5. The Kier molecular flexibility index (Phi) is 4.50. The van der Waals surface area contributed by atoms with E-state index in [4.69, 9.17) is 28.6 Å². The van der Waals surface area contributed by atoms with Gasteiger partial charge in [0.15, 0.2) is 6.17 Å². The van der Waals surface area contributed by atoms with Crippen molar-refractivity contribution >= 4 is 28.9 Å². The van der Waals surface area contributed by atoms with Crippen LogP contribution >= 0.6 is 23.8 Å². The predicted molar refractivity (Wildman–Crippen MR) is 79.8 cm³/mol. The topological polar surface area (TPSA) is 37.2 Å². The van der Waals surface area contributed by atoms with Crippen LogP contribution in [0, 0.1) is 6.92 Å². The molecule has 1 aromatic carbocycles. The SMILES string of the molecule is C=CCN1C(=S)N=NC1COc1ccc(Cl)c(C)c1. The molecule has 1 aliphatic heterocycles. The molecule has 0 spiro atoms. The van der Waals surface area contributed by atoms with Gasteiger partial charge in [-0.15, -0.1) is 11.7 Å². The molecule has 100 valence electrons. The number of nitrogens with zero attached hydrogens (tertiary/aromatic N) is 3. The second kappa shape index (κ2) is 6.12. The molecule has 6 heteroatoms. The van der Waals surface area contributed by atoms with Gasteiger partial charge in [0.2, 0.25) is 5.11 Å². The maximum atomic E-state index is 5.97. The Bertz CT molecular complexity index is 533. The van der Waals surface area contributed by atoms with Gasteiger partial charge in [0.1, 0.15) is 12.4 Å². The molecule has 0 radical (unpaired) electrons. The number of thiocarbonyl (C=S) groups is 1. The van der Waals surface area contributed by atoms with Crippen LogP contribution in [0.5, 0.6) is 5.75 Å².